The van der Waals surface area contributed by atoms with E-state index in [9.17, 15) is 0 Å². The molecule has 2 fully saturated rings. The van der Waals surface area contributed by atoms with Crippen molar-refractivity contribution in [3.05, 3.63) is 35.4 Å². The standard InChI is InChI=1S/C17H24N2/c1-4-10-18(11-5-1)12-13-19-16-8-9-17(19)15-7-3-2-6-14(15)16/h2-3,6-7,16-17H,1,4-5,8-13H2. The van der Waals surface area contributed by atoms with Crippen LogP contribution in [0.4, 0.5) is 0 Å². The minimum Gasteiger partial charge on any atom is -0.302 e. The Morgan fingerprint density at radius 1 is 0.842 bits per heavy atom. The van der Waals surface area contributed by atoms with Crippen molar-refractivity contribution >= 4 is 0 Å². The summed E-state index contributed by atoms with van der Waals surface area (Å²) in [6, 6.07) is 10.6. The molecule has 3 aliphatic rings. The quantitative estimate of drug-likeness (QED) is 0.818. The van der Waals surface area contributed by atoms with Gasteiger partial charge in [-0.3, -0.25) is 4.90 Å². The highest BCUT2D eigenvalue weighted by atomic mass is 15.3. The molecule has 0 aliphatic carbocycles. The highest BCUT2D eigenvalue weighted by Gasteiger charge is 2.43. The molecule has 3 heterocycles. The van der Waals surface area contributed by atoms with E-state index in [4.69, 9.17) is 0 Å². The van der Waals surface area contributed by atoms with E-state index in [-0.39, 0.29) is 0 Å². The Morgan fingerprint density at radius 3 is 2.11 bits per heavy atom. The molecule has 2 heteroatoms. The van der Waals surface area contributed by atoms with Gasteiger partial charge in [-0.25, -0.2) is 0 Å². The number of nitrogens with zero attached hydrogens (tertiary/aromatic N) is 2. The Balaban J connectivity index is 1.44. The fraction of sp³-hybridized carbons (Fsp3) is 0.647. The number of fused-ring (bicyclic) bond motifs is 5. The van der Waals surface area contributed by atoms with Crippen LogP contribution in [0.5, 0.6) is 0 Å². The van der Waals surface area contributed by atoms with Crippen molar-refractivity contribution in [2.45, 2.75) is 44.2 Å². The van der Waals surface area contributed by atoms with Crippen molar-refractivity contribution in [2.75, 3.05) is 26.2 Å². The molecule has 2 saturated heterocycles. The lowest BCUT2D eigenvalue weighted by molar-refractivity contribution is 0.159. The summed E-state index contributed by atoms with van der Waals surface area (Å²) in [5.74, 6) is 0. The minimum absolute atomic E-state index is 0.728. The van der Waals surface area contributed by atoms with E-state index < -0.39 is 0 Å². The van der Waals surface area contributed by atoms with Crippen LogP contribution in [-0.4, -0.2) is 36.0 Å². The van der Waals surface area contributed by atoms with Crippen molar-refractivity contribution in [3.63, 3.8) is 0 Å². The van der Waals surface area contributed by atoms with Gasteiger partial charge in [0.1, 0.15) is 0 Å². The molecule has 2 atom stereocenters. The predicted molar refractivity (Wildman–Crippen MR) is 78.2 cm³/mol. The van der Waals surface area contributed by atoms with Crippen molar-refractivity contribution in [1.29, 1.82) is 0 Å². The number of piperidine rings is 1. The van der Waals surface area contributed by atoms with E-state index in [1.807, 2.05) is 0 Å². The molecule has 19 heavy (non-hydrogen) atoms. The third-order valence-electron chi connectivity index (χ3n) is 5.35. The molecule has 1 aromatic carbocycles. The first-order valence-electron chi connectivity index (χ1n) is 8.00. The number of benzene rings is 1. The SMILES string of the molecule is c1ccc2c(c1)C1CCC2N1CCN1CCCCC1. The van der Waals surface area contributed by atoms with E-state index in [1.54, 1.807) is 11.1 Å². The van der Waals surface area contributed by atoms with Crippen LogP contribution >= 0.6 is 0 Å². The Labute approximate surface area is 116 Å². The van der Waals surface area contributed by atoms with E-state index in [0.717, 1.165) is 12.1 Å². The van der Waals surface area contributed by atoms with E-state index in [2.05, 4.69) is 34.1 Å². The smallest absolute Gasteiger partial charge is 0.0358 e. The van der Waals surface area contributed by atoms with Gasteiger partial charge in [-0.2, -0.15) is 0 Å². The molecule has 2 nitrogen and oxygen atoms in total. The van der Waals surface area contributed by atoms with Gasteiger partial charge >= 0.3 is 0 Å². The summed E-state index contributed by atoms with van der Waals surface area (Å²) in [4.78, 5) is 5.45. The summed E-state index contributed by atoms with van der Waals surface area (Å²) >= 11 is 0. The Bertz CT molecular complexity index is 419. The molecule has 2 bridgehead atoms. The normalized spacial score (nSPS) is 30.7. The maximum Gasteiger partial charge on any atom is 0.0358 e. The first kappa shape index (κ1) is 11.9. The second-order valence-electron chi connectivity index (χ2n) is 6.38. The van der Waals surface area contributed by atoms with E-state index >= 15 is 0 Å². The second kappa shape index (κ2) is 4.92. The maximum absolute atomic E-state index is 2.78. The van der Waals surface area contributed by atoms with Gasteiger partial charge < -0.3 is 4.90 Å². The Hall–Kier alpha value is -0.860. The molecule has 0 saturated carbocycles. The zero-order chi connectivity index (χ0) is 12.7. The van der Waals surface area contributed by atoms with Gasteiger partial charge in [0, 0.05) is 25.2 Å². The zero-order valence-electron chi connectivity index (χ0n) is 11.7. The van der Waals surface area contributed by atoms with Crippen LogP contribution in [-0.2, 0) is 0 Å². The molecule has 0 spiro atoms. The fourth-order valence-corrected chi connectivity index (χ4v) is 4.40. The molecule has 0 aromatic heterocycles. The Kier molecular flexibility index (Phi) is 3.08. The summed E-state index contributed by atoms with van der Waals surface area (Å²) in [6.07, 6.45) is 7.01. The molecule has 3 aliphatic heterocycles. The topological polar surface area (TPSA) is 6.48 Å². The van der Waals surface area contributed by atoms with Crippen LogP contribution in [0, 0.1) is 0 Å². The van der Waals surface area contributed by atoms with Gasteiger partial charge in [-0.15, -0.1) is 0 Å². The third-order valence-corrected chi connectivity index (χ3v) is 5.35. The molecule has 0 N–H and O–H groups in total. The van der Waals surface area contributed by atoms with Gasteiger partial charge in [0.15, 0.2) is 0 Å². The average Bonchev–Trinajstić information content (AvgIpc) is 3.02. The number of likely N-dealkylation sites (tertiary alicyclic amines) is 1. The van der Waals surface area contributed by atoms with Crippen LogP contribution in [0.1, 0.15) is 55.3 Å². The van der Waals surface area contributed by atoms with Gasteiger partial charge in [0.2, 0.25) is 0 Å². The van der Waals surface area contributed by atoms with Gasteiger partial charge in [0.05, 0.1) is 0 Å². The minimum atomic E-state index is 0.728. The van der Waals surface area contributed by atoms with E-state index in [0.29, 0.717) is 0 Å². The molecule has 4 rings (SSSR count). The lowest BCUT2D eigenvalue weighted by atomic mass is 9.92. The van der Waals surface area contributed by atoms with Crippen LogP contribution in [0.25, 0.3) is 0 Å². The van der Waals surface area contributed by atoms with Gasteiger partial charge in [-0.1, -0.05) is 30.7 Å². The maximum atomic E-state index is 2.78. The molecule has 0 radical (unpaired) electrons. The third kappa shape index (κ3) is 2.02. The summed E-state index contributed by atoms with van der Waals surface area (Å²) in [7, 11) is 0. The summed E-state index contributed by atoms with van der Waals surface area (Å²) < 4.78 is 0. The summed E-state index contributed by atoms with van der Waals surface area (Å²) in [5, 5.41) is 0. The summed E-state index contributed by atoms with van der Waals surface area (Å²) in [6.45, 7) is 5.21. The van der Waals surface area contributed by atoms with Gasteiger partial charge in [-0.05, 0) is 49.9 Å². The average molecular weight is 256 g/mol. The summed E-state index contributed by atoms with van der Waals surface area (Å²) in [5.41, 5.74) is 3.25. The number of hydrogen-bond donors (Lipinski definition) is 0. The first-order chi connectivity index (χ1) is 9.43. The second-order valence-corrected chi connectivity index (χ2v) is 6.38. The first-order valence-corrected chi connectivity index (χ1v) is 8.00. The lowest BCUT2D eigenvalue weighted by Gasteiger charge is -2.30. The number of rotatable bonds is 3. The monoisotopic (exact) mass is 256 g/mol. The predicted octanol–water partition coefficient (Wildman–Crippen LogP) is 3.36. The van der Waals surface area contributed by atoms with Crippen molar-refractivity contribution < 1.29 is 0 Å². The lowest BCUT2D eigenvalue weighted by Crippen LogP contribution is -2.36. The zero-order valence-corrected chi connectivity index (χ0v) is 11.7. The largest absolute Gasteiger partial charge is 0.302 e. The fourth-order valence-electron chi connectivity index (χ4n) is 4.40. The molecule has 1 aromatic rings. The van der Waals surface area contributed by atoms with Crippen LogP contribution < -0.4 is 0 Å². The van der Waals surface area contributed by atoms with Crippen molar-refractivity contribution in [1.82, 2.24) is 9.80 Å². The number of hydrogen-bond acceptors (Lipinski definition) is 2. The molecular formula is C17H24N2. The van der Waals surface area contributed by atoms with Crippen LogP contribution in [0.2, 0.25) is 0 Å². The highest BCUT2D eigenvalue weighted by molar-refractivity contribution is 5.39. The van der Waals surface area contributed by atoms with Gasteiger partial charge in [0.25, 0.3) is 0 Å². The van der Waals surface area contributed by atoms with Crippen molar-refractivity contribution in [3.8, 4) is 0 Å². The highest BCUT2D eigenvalue weighted by Crippen LogP contribution is 2.52. The van der Waals surface area contributed by atoms with E-state index in [1.165, 1.54) is 58.3 Å². The Morgan fingerprint density at radius 2 is 1.47 bits per heavy atom. The van der Waals surface area contributed by atoms with Crippen LogP contribution in [0.3, 0.4) is 0 Å². The van der Waals surface area contributed by atoms with Crippen LogP contribution in [0.15, 0.2) is 24.3 Å². The molecular weight excluding hydrogens is 232 g/mol. The molecule has 102 valence electrons. The molecule has 2 unspecified atom stereocenters. The molecule has 0 amide bonds. The van der Waals surface area contributed by atoms with Crippen molar-refractivity contribution in [2.24, 2.45) is 0 Å².